The average molecular weight is 401 g/mol. The molecule has 1 heterocycles. The number of nitrogens with one attached hydrogen (secondary N) is 2. The molecule has 156 valence electrons. The van der Waals surface area contributed by atoms with Gasteiger partial charge in [0.1, 0.15) is 18.2 Å². The third-order valence-corrected chi connectivity index (χ3v) is 3.89. The summed E-state index contributed by atoms with van der Waals surface area (Å²) in [6, 6.07) is 6.94. The fraction of sp³-hybridized carbons (Fsp3) is 0.381. The van der Waals surface area contributed by atoms with Crippen molar-refractivity contribution in [3.63, 3.8) is 0 Å². The number of benzene rings is 1. The zero-order valence-electron chi connectivity index (χ0n) is 16.9. The van der Waals surface area contributed by atoms with Gasteiger partial charge in [-0.25, -0.2) is 20.0 Å². The van der Waals surface area contributed by atoms with E-state index in [0.29, 0.717) is 12.1 Å². The van der Waals surface area contributed by atoms with Crippen LogP contribution in [0.3, 0.4) is 0 Å². The smallest absolute Gasteiger partial charge is 0.430 e. The van der Waals surface area contributed by atoms with Gasteiger partial charge in [0, 0.05) is 12.1 Å². The number of hydrazine groups is 1. The van der Waals surface area contributed by atoms with Crippen LogP contribution in [-0.2, 0) is 9.47 Å². The number of Topliss-reactive ketones (excluding diaryl/α,β-unsaturated/α-hetero) is 1. The van der Waals surface area contributed by atoms with Crippen molar-refractivity contribution in [3.05, 3.63) is 60.7 Å². The minimum atomic E-state index is -1.08. The Morgan fingerprint density at radius 2 is 2.00 bits per heavy atom. The van der Waals surface area contributed by atoms with E-state index in [4.69, 9.17) is 9.47 Å². The summed E-state index contributed by atoms with van der Waals surface area (Å²) in [7, 11) is 0. The second kappa shape index (κ2) is 9.88. The second-order valence-electron chi connectivity index (χ2n) is 7.39. The number of carbonyl (C=O) groups is 3. The summed E-state index contributed by atoms with van der Waals surface area (Å²) in [6.07, 6.45) is 3.25. The Balaban J connectivity index is 2.39. The highest BCUT2D eigenvalue weighted by atomic mass is 16.6. The van der Waals surface area contributed by atoms with Crippen molar-refractivity contribution >= 4 is 18.0 Å². The third kappa shape index (κ3) is 6.46. The summed E-state index contributed by atoms with van der Waals surface area (Å²) >= 11 is 0. The molecular formula is C21H27N3O5. The van der Waals surface area contributed by atoms with Crippen molar-refractivity contribution < 1.29 is 23.9 Å². The van der Waals surface area contributed by atoms with E-state index in [1.807, 2.05) is 6.08 Å². The SMILES string of the molecule is C=CCOC(=O)NN(C(=O)OC(C)(C)C)[C@H](C(=O)c1ccccc1)C1C=CCN1. The van der Waals surface area contributed by atoms with Gasteiger partial charge >= 0.3 is 12.2 Å². The number of rotatable bonds is 6. The molecule has 2 amide bonds. The molecule has 0 aliphatic carbocycles. The van der Waals surface area contributed by atoms with Gasteiger partial charge in [-0.15, -0.1) is 0 Å². The zero-order chi connectivity index (χ0) is 21.4. The fourth-order valence-electron chi connectivity index (χ4n) is 2.72. The highest BCUT2D eigenvalue weighted by molar-refractivity contribution is 6.02. The van der Waals surface area contributed by atoms with Crippen molar-refractivity contribution in [2.45, 2.75) is 38.5 Å². The Morgan fingerprint density at radius 3 is 2.55 bits per heavy atom. The summed E-state index contributed by atoms with van der Waals surface area (Å²) in [4.78, 5) is 38.4. The van der Waals surface area contributed by atoms with Gasteiger partial charge in [0.05, 0.1) is 6.04 Å². The van der Waals surface area contributed by atoms with Crippen LogP contribution in [0.25, 0.3) is 0 Å². The van der Waals surface area contributed by atoms with Gasteiger partial charge in [0.25, 0.3) is 0 Å². The number of hydrogen-bond acceptors (Lipinski definition) is 6. The van der Waals surface area contributed by atoms with Crippen molar-refractivity contribution in [3.8, 4) is 0 Å². The maximum atomic E-state index is 13.3. The van der Waals surface area contributed by atoms with Crippen LogP contribution < -0.4 is 10.7 Å². The summed E-state index contributed by atoms with van der Waals surface area (Å²) in [6.45, 7) is 9.05. The van der Waals surface area contributed by atoms with Crippen LogP contribution in [0, 0.1) is 0 Å². The Kier molecular flexibility index (Phi) is 7.55. The Labute approximate surface area is 170 Å². The molecule has 1 aliphatic heterocycles. The summed E-state index contributed by atoms with van der Waals surface area (Å²) < 4.78 is 10.4. The van der Waals surface area contributed by atoms with E-state index in [0.717, 1.165) is 5.01 Å². The minimum absolute atomic E-state index is 0.0487. The van der Waals surface area contributed by atoms with Crippen LogP contribution in [0.1, 0.15) is 31.1 Å². The number of hydrogen-bond donors (Lipinski definition) is 2. The maximum absolute atomic E-state index is 13.3. The van der Waals surface area contributed by atoms with Crippen LogP contribution in [0.15, 0.2) is 55.1 Å². The predicted molar refractivity (Wildman–Crippen MR) is 108 cm³/mol. The van der Waals surface area contributed by atoms with E-state index in [-0.39, 0.29) is 12.4 Å². The maximum Gasteiger partial charge on any atom is 0.430 e. The number of ether oxygens (including phenoxy) is 2. The molecule has 8 nitrogen and oxygen atoms in total. The average Bonchev–Trinajstić information content (AvgIpc) is 3.19. The lowest BCUT2D eigenvalue weighted by Crippen LogP contribution is -2.61. The molecule has 1 aromatic rings. The molecule has 1 aliphatic rings. The molecule has 0 aromatic heterocycles. The van der Waals surface area contributed by atoms with Crippen LogP contribution in [-0.4, -0.2) is 53.8 Å². The van der Waals surface area contributed by atoms with E-state index in [9.17, 15) is 14.4 Å². The summed E-state index contributed by atoms with van der Waals surface area (Å²) in [5.74, 6) is -0.357. The first-order chi connectivity index (χ1) is 13.7. The quantitative estimate of drug-likeness (QED) is 0.432. The van der Waals surface area contributed by atoms with Crippen LogP contribution in [0.2, 0.25) is 0 Å². The molecule has 8 heteroatoms. The molecule has 2 atom stereocenters. The van der Waals surface area contributed by atoms with Crippen molar-refractivity contribution in [1.29, 1.82) is 0 Å². The lowest BCUT2D eigenvalue weighted by Gasteiger charge is -2.34. The van der Waals surface area contributed by atoms with Gasteiger partial charge in [-0.05, 0) is 20.8 Å². The van der Waals surface area contributed by atoms with Gasteiger partial charge in [-0.1, -0.05) is 55.1 Å². The molecule has 1 unspecified atom stereocenters. The predicted octanol–water partition coefficient (Wildman–Crippen LogP) is 2.83. The van der Waals surface area contributed by atoms with Gasteiger partial charge < -0.3 is 14.8 Å². The molecule has 2 N–H and O–H groups in total. The molecular weight excluding hydrogens is 374 g/mol. The van der Waals surface area contributed by atoms with Crippen molar-refractivity contribution in [2.24, 2.45) is 0 Å². The molecule has 0 radical (unpaired) electrons. The normalized spacial score (nSPS) is 16.6. The highest BCUT2D eigenvalue weighted by Gasteiger charge is 2.40. The summed E-state index contributed by atoms with van der Waals surface area (Å²) in [5.41, 5.74) is 1.92. The minimum Gasteiger partial charge on any atom is -0.444 e. The van der Waals surface area contributed by atoms with Crippen LogP contribution in [0.5, 0.6) is 0 Å². The zero-order valence-corrected chi connectivity index (χ0v) is 16.9. The molecule has 0 fully saturated rings. The topological polar surface area (TPSA) is 97.0 Å². The van der Waals surface area contributed by atoms with Gasteiger partial charge in [0.2, 0.25) is 0 Å². The number of nitrogens with zero attached hydrogens (tertiary/aromatic N) is 1. The number of amides is 2. The molecule has 0 saturated carbocycles. The van der Waals surface area contributed by atoms with Gasteiger partial charge in [0.15, 0.2) is 5.78 Å². The van der Waals surface area contributed by atoms with Crippen molar-refractivity contribution in [1.82, 2.24) is 15.8 Å². The molecule has 1 aromatic carbocycles. The second-order valence-corrected chi connectivity index (χ2v) is 7.39. The van der Waals surface area contributed by atoms with Crippen molar-refractivity contribution in [2.75, 3.05) is 13.2 Å². The lowest BCUT2D eigenvalue weighted by atomic mass is 9.98. The third-order valence-electron chi connectivity index (χ3n) is 3.89. The molecule has 0 spiro atoms. The lowest BCUT2D eigenvalue weighted by molar-refractivity contribution is 0.0000710. The van der Waals surface area contributed by atoms with E-state index in [1.165, 1.54) is 6.08 Å². The van der Waals surface area contributed by atoms with E-state index < -0.39 is 29.9 Å². The van der Waals surface area contributed by atoms with E-state index in [1.54, 1.807) is 57.2 Å². The molecule has 29 heavy (non-hydrogen) atoms. The fourth-order valence-corrected chi connectivity index (χ4v) is 2.72. The van der Waals surface area contributed by atoms with Crippen LogP contribution >= 0.6 is 0 Å². The Morgan fingerprint density at radius 1 is 1.31 bits per heavy atom. The first-order valence-electron chi connectivity index (χ1n) is 9.29. The molecule has 2 rings (SSSR count). The summed E-state index contributed by atoms with van der Waals surface area (Å²) in [5, 5.41) is 4.02. The monoisotopic (exact) mass is 401 g/mol. The number of carbonyl (C=O) groups excluding carboxylic acids is 3. The van der Waals surface area contributed by atoms with E-state index in [2.05, 4.69) is 17.3 Å². The van der Waals surface area contributed by atoms with Crippen LogP contribution in [0.4, 0.5) is 9.59 Å². The molecule has 0 saturated heterocycles. The largest absolute Gasteiger partial charge is 0.444 e. The standard InChI is InChI=1S/C21H27N3O5/c1-5-14-28-19(26)23-24(20(27)29-21(2,3)4)17(16-12-9-13-22-16)18(25)15-10-7-6-8-11-15/h5-12,16-17,22H,1,13-14H2,2-4H3,(H,23,26)/t16?,17-/m0/s1. The highest BCUT2D eigenvalue weighted by Crippen LogP contribution is 2.18. The molecule has 0 bridgehead atoms. The van der Waals surface area contributed by atoms with E-state index >= 15 is 0 Å². The number of ketones is 1. The Bertz CT molecular complexity index is 770. The first kappa shape index (κ1) is 22.2. The first-order valence-corrected chi connectivity index (χ1v) is 9.29. The Hall–Kier alpha value is -3.13. The van der Waals surface area contributed by atoms with Gasteiger partial charge in [-0.2, -0.15) is 0 Å². The van der Waals surface area contributed by atoms with Gasteiger partial charge in [-0.3, -0.25) is 4.79 Å².